The van der Waals surface area contributed by atoms with E-state index in [2.05, 4.69) is 15.0 Å². The number of benzene rings is 2. The number of hydrogen-bond donors (Lipinski definition) is 1. The molecule has 1 unspecified atom stereocenters. The first-order valence-electron chi connectivity index (χ1n) is 12.7. The maximum atomic E-state index is 13.4. The van der Waals surface area contributed by atoms with E-state index in [0.29, 0.717) is 62.4 Å². The standard InChI is InChI=1S/C28H28N6O4/c1-38-28(37)34-23(25(36)33-17-21-11-5-3-9-19(21)15-30-27(33)34)13-7-6-12-22-24(35)32-16-20-10-4-2-8-18(20)14-29-26(32)31-22/h2-5,8-12,23H,6-7,13-17H2,1H3,(H,29,31)/b22-12-. The Labute approximate surface area is 218 Å². The van der Waals surface area contributed by atoms with Gasteiger partial charge < -0.3 is 9.72 Å². The monoisotopic (exact) mass is 512 g/mol. The zero-order valence-corrected chi connectivity index (χ0v) is 21.1. The predicted molar refractivity (Wildman–Crippen MR) is 140 cm³/mol. The van der Waals surface area contributed by atoms with Crippen LogP contribution in [0.15, 0.2) is 63.3 Å². The van der Waals surface area contributed by atoms with E-state index in [4.69, 9.17) is 4.74 Å². The van der Waals surface area contributed by atoms with Crippen LogP contribution in [-0.2, 0) is 35.7 Å². The van der Waals surface area contributed by atoms with Crippen molar-refractivity contribution in [2.24, 2.45) is 9.98 Å². The van der Waals surface area contributed by atoms with Crippen LogP contribution in [0.1, 0.15) is 41.5 Å². The van der Waals surface area contributed by atoms with Crippen molar-refractivity contribution in [3.63, 3.8) is 0 Å². The number of aromatic nitrogens is 2. The Kier molecular flexibility index (Phi) is 6.15. The minimum Gasteiger partial charge on any atom is -0.452 e. The van der Waals surface area contributed by atoms with E-state index >= 15 is 0 Å². The van der Waals surface area contributed by atoms with Crippen LogP contribution in [0.3, 0.4) is 0 Å². The Morgan fingerprint density at radius 2 is 1.66 bits per heavy atom. The highest BCUT2D eigenvalue weighted by Gasteiger charge is 2.47. The van der Waals surface area contributed by atoms with Gasteiger partial charge in [0.05, 0.1) is 33.3 Å². The van der Waals surface area contributed by atoms with Crippen molar-refractivity contribution in [2.75, 3.05) is 7.11 Å². The number of nitrogens with zero attached hydrogens (tertiary/aromatic N) is 5. The molecule has 1 atom stereocenters. The predicted octanol–water partition coefficient (Wildman–Crippen LogP) is 1.66. The molecule has 2 aromatic carbocycles. The van der Waals surface area contributed by atoms with Crippen LogP contribution in [0.4, 0.5) is 4.79 Å². The number of H-pyrrole nitrogens is 1. The van der Waals surface area contributed by atoms with Crippen molar-refractivity contribution < 1.29 is 14.3 Å². The minimum atomic E-state index is -0.701. The fourth-order valence-electron chi connectivity index (χ4n) is 5.37. The first-order valence-corrected chi connectivity index (χ1v) is 12.7. The number of aromatic amines is 1. The number of nitrogens with one attached hydrogen (secondary N) is 1. The Morgan fingerprint density at radius 1 is 1.00 bits per heavy atom. The van der Waals surface area contributed by atoms with Crippen molar-refractivity contribution >= 4 is 24.0 Å². The molecular formula is C28H28N6O4. The third-order valence-corrected chi connectivity index (χ3v) is 7.38. The largest absolute Gasteiger partial charge is 0.452 e. The molecule has 10 nitrogen and oxygen atoms in total. The number of fused-ring (bicyclic) bond motifs is 4. The fourth-order valence-corrected chi connectivity index (χ4v) is 5.37. The number of carbonyl (C=O) groups is 2. The number of imidazole rings is 1. The number of aliphatic imine (C=N–C) groups is 1. The van der Waals surface area contributed by atoms with Crippen LogP contribution in [-0.4, -0.2) is 50.5 Å². The number of rotatable bonds is 4. The molecule has 0 radical (unpaired) electrons. The first kappa shape index (κ1) is 23.9. The lowest BCUT2D eigenvalue weighted by atomic mass is 10.1. The second-order valence-electron chi connectivity index (χ2n) is 9.64. The number of carbonyl (C=O) groups excluding carboxylic acids is 2. The second-order valence-corrected chi connectivity index (χ2v) is 9.64. The summed E-state index contributed by atoms with van der Waals surface area (Å²) in [4.78, 5) is 54.5. The van der Waals surface area contributed by atoms with E-state index in [9.17, 15) is 14.4 Å². The van der Waals surface area contributed by atoms with Gasteiger partial charge in [0, 0.05) is 0 Å². The summed E-state index contributed by atoms with van der Waals surface area (Å²) >= 11 is 0. The number of methoxy groups -OCH3 is 1. The van der Waals surface area contributed by atoms with Gasteiger partial charge in [0.2, 0.25) is 11.6 Å². The molecule has 38 heavy (non-hydrogen) atoms. The third-order valence-electron chi connectivity index (χ3n) is 7.38. The van der Waals surface area contributed by atoms with Crippen LogP contribution in [0.25, 0.3) is 6.08 Å². The lowest BCUT2D eigenvalue weighted by molar-refractivity contribution is -0.128. The zero-order valence-electron chi connectivity index (χ0n) is 21.1. The van der Waals surface area contributed by atoms with E-state index in [1.807, 2.05) is 54.6 Å². The highest BCUT2D eigenvalue weighted by molar-refractivity contribution is 6.12. The molecule has 1 aromatic heterocycles. The lowest BCUT2D eigenvalue weighted by Gasteiger charge is -2.20. The van der Waals surface area contributed by atoms with Gasteiger partial charge in [0.25, 0.3) is 11.5 Å². The van der Waals surface area contributed by atoms with Crippen molar-refractivity contribution in [2.45, 2.75) is 51.5 Å². The molecule has 0 spiro atoms. The van der Waals surface area contributed by atoms with E-state index in [0.717, 1.165) is 22.3 Å². The average molecular weight is 513 g/mol. The molecule has 0 saturated carbocycles. The van der Waals surface area contributed by atoms with Gasteiger partial charge in [-0.1, -0.05) is 54.6 Å². The summed E-state index contributed by atoms with van der Waals surface area (Å²) in [6.45, 7) is 1.75. The van der Waals surface area contributed by atoms with Crippen molar-refractivity contribution in [1.82, 2.24) is 19.4 Å². The van der Waals surface area contributed by atoms with Gasteiger partial charge >= 0.3 is 6.09 Å². The molecule has 2 amide bonds. The Balaban J connectivity index is 1.19. The molecule has 10 heteroatoms. The van der Waals surface area contributed by atoms with Gasteiger partial charge in [0.1, 0.15) is 11.4 Å². The van der Waals surface area contributed by atoms with E-state index < -0.39 is 12.1 Å². The van der Waals surface area contributed by atoms with Crippen molar-refractivity contribution in [3.05, 3.63) is 92.1 Å². The van der Waals surface area contributed by atoms with Crippen molar-refractivity contribution in [1.29, 1.82) is 0 Å². The number of amides is 2. The summed E-state index contributed by atoms with van der Waals surface area (Å²) in [6.07, 6.45) is 2.81. The molecule has 3 aromatic rings. The highest BCUT2D eigenvalue weighted by Crippen LogP contribution is 2.28. The van der Waals surface area contributed by atoms with Gasteiger partial charge in [-0.15, -0.1) is 0 Å². The number of unbranched alkanes of at least 4 members (excludes halogenated alkanes) is 1. The molecule has 1 fully saturated rings. The van der Waals surface area contributed by atoms with E-state index in [-0.39, 0.29) is 11.5 Å². The summed E-state index contributed by atoms with van der Waals surface area (Å²) < 4.78 is 6.67. The summed E-state index contributed by atoms with van der Waals surface area (Å²) in [5.74, 6) is 0.162. The van der Waals surface area contributed by atoms with Crippen LogP contribution in [0, 0.1) is 0 Å². The molecular weight excluding hydrogens is 484 g/mol. The number of hydrogen-bond acceptors (Lipinski definition) is 6. The normalized spacial score (nSPS) is 18.4. The van der Waals surface area contributed by atoms with E-state index in [1.165, 1.54) is 12.0 Å². The second kappa shape index (κ2) is 9.77. The maximum Gasteiger partial charge on any atom is 0.417 e. The molecule has 1 N–H and O–H groups in total. The maximum absolute atomic E-state index is 13.4. The Morgan fingerprint density at radius 3 is 2.37 bits per heavy atom. The SMILES string of the molecule is COC(=O)N1C2=NCc3ccccc3CN2C(=O)C1CCC/C=c1\[nH]c2n(c1=O)Cc1ccccc1CN=2. The number of ether oxygens (including phenoxy) is 1. The van der Waals surface area contributed by atoms with Gasteiger partial charge in [-0.25, -0.2) is 19.7 Å². The number of guanidine groups is 1. The summed E-state index contributed by atoms with van der Waals surface area (Å²) in [6, 6.07) is 15.1. The van der Waals surface area contributed by atoms with E-state index in [1.54, 1.807) is 9.47 Å². The third kappa shape index (κ3) is 4.11. The Bertz CT molecular complexity index is 1640. The summed E-state index contributed by atoms with van der Waals surface area (Å²) in [5, 5.41) is 0.487. The first-order chi connectivity index (χ1) is 18.5. The van der Waals surface area contributed by atoms with Crippen LogP contribution >= 0.6 is 0 Å². The zero-order chi connectivity index (χ0) is 26.2. The van der Waals surface area contributed by atoms with Gasteiger partial charge in [-0.3, -0.25) is 19.1 Å². The molecule has 3 aliphatic rings. The topological polar surface area (TPSA) is 112 Å². The Hall–Kier alpha value is -4.47. The minimum absolute atomic E-state index is 0.116. The smallest absolute Gasteiger partial charge is 0.417 e. The highest BCUT2D eigenvalue weighted by atomic mass is 16.5. The molecule has 0 aliphatic carbocycles. The van der Waals surface area contributed by atoms with Crippen LogP contribution in [0.2, 0.25) is 0 Å². The fraction of sp³-hybridized carbons (Fsp3) is 0.321. The van der Waals surface area contributed by atoms with Gasteiger partial charge in [-0.2, -0.15) is 0 Å². The summed E-state index contributed by atoms with van der Waals surface area (Å²) in [5.41, 5.74) is 4.69. The van der Waals surface area contributed by atoms with Gasteiger partial charge in [0.15, 0.2) is 0 Å². The summed E-state index contributed by atoms with van der Waals surface area (Å²) in [7, 11) is 1.30. The molecule has 4 heterocycles. The molecule has 6 rings (SSSR count). The van der Waals surface area contributed by atoms with Gasteiger partial charge in [-0.05, 0) is 41.5 Å². The lowest BCUT2D eigenvalue weighted by Crippen LogP contribution is -2.41. The van der Waals surface area contributed by atoms with Crippen molar-refractivity contribution in [3.8, 4) is 0 Å². The van der Waals surface area contributed by atoms with Crippen LogP contribution in [0.5, 0.6) is 0 Å². The quantitative estimate of drug-likeness (QED) is 0.536. The average Bonchev–Trinajstić information content (AvgIpc) is 3.18. The molecule has 3 aliphatic heterocycles. The molecule has 1 saturated heterocycles. The van der Waals surface area contributed by atoms with Crippen LogP contribution < -0.4 is 16.5 Å². The molecule has 194 valence electrons. The molecule has 0 bridgehead atoms.